The van der Waals surface area contributed by atoms with Crippen molar-refractivity contribution in [2.75, 3.05) is 39.6 Å². The maximum atomic E-state index is 13.0. The number of phosphoric ester groups is 2. The van der Waals surface area contributed by atoms with Crippen LogP contribution in [0.1, 0.15) is 349 Å². The zero-order valence-electron chi connectivity index (χ0n) is 56.2. The molecule has 0 bridgehead atoms. The van der Waals surface area contributed by atoms with Gasteiger partial charge in [-0.2, -0.15) is 0 Å². The maximum absolute atomic E-state index is 13.0. The lowest BCUT2D eigenvalue weighted by Crippen LogP contribution is -2.30. The number of unbranched alkanes of at least 4 members (excludes halogenated alkanes) is 40. The van der Waals surface area contributed by atoms with E-state index >= 15 is 0 Å². The van der Waals surface area contributed by atoms with E-state index in [1.807, 2.05) is 0 Å². The summed E-state index contributed by atoms with van der Waals surface area (Å²) in [4.78, 5) is 72.2. The fourth-order valence-electron chi connectivity index (χ4n) is 10.3. The number of phosphoric acid groups is 2. The second kappa shape index (κ2) is 61.6. The minimum absolute atomic E-state index is 0.106. The standard InChI is InChI=1S/C68H132O17P2/c1-6-9-12-15-18-20-21-29-33-37-42-47-52-66(71)79-58-64(85-68(73)54-49-44-39-34-30-27-25-23-22-24-26-28-32-36-40-45-50-61(4)5)60-83-87(76,77)81-56-62(69)55-80-86(74,75)82-59-63(57-78-65(70)51-46-41-35-17-14-11-8-3)84-67(72)53-48-43-38-31-19-16-13-10-7-2/h61-64,69H,6-60H2,1-5H3,(H,74,75)(H,76,77)/t62-,63+,64+/m0/s1. The number of aliphatic hydroxyl groups excluding tert-OH is 1. The van der Waals surface area contributed by atoms with Crippen LogP contribution in [0.3, 0.4) is 0 Å². The Hall–Kier alpha value is -1.94. The van der Waals surface area contributed by atoms with Gasteiger partial charge in [0.1, 0.15) is 19.3 Å². The number of hydrogen-bond acceptors (Lipinski definition) is 15. The van der Waals surface area contributed by atoms with Crippen LogP contribution in [0.4, 0.5) is 0 Å². The molecule has 0 aliphatic heterocycles. The van der Waals surface area contributed by atoms with Crippen molar-refractivity contribution in [2.45, 2.75) is 368 Å². The van der Waals surface area contributed by atoms with Gasteiger partial charge in [-0.3, -0.25) is 37.3 Å². The molecular formula is C68H132O17P2. The molecular weight excluding hydrogens is 1150 g/mol. The molecule has 0 saturated carbocycles. The van der Waals surface area contributed by atoms with Gasteiger partial charge >= 0.3 is 39.5 Å². The van der Waals surface area contributed by atoms with Crippen molar-refractivity contribution >= 4 is 39.5 Å². The largest absolute Gasteiger partial charge is 0.472 e. The highest BCUT2D eigenvalue weighted by Crippen LogP contribution is 2.45. The van der Waals surface area contributed by atoms with E-state index < -0.39 is 97.5 Å². The van der Waals surface area contributed by atoms with Crippen LogP contribution in [0.15, 0.2) is 0 Å². The summed E-state index contributed by atoms with van der Waals surface area (Å²) in [5.41, 5.74) is 0. The van der Waals surface area contributed by atoms with Gasteiger partial charge in [-0.05, 0) is 31.6 Å². The third kappa shape index (κ3) is 62.6. The molecule has 2 unspecified atom stereocenters. The lowest BCUT2D eigenvalue weighted by Gasteiger charge is -2.21. The van der Waals surface area contributed by atoms with E-state index in [2.05, 4.69) is 34.6 Å². The summed E-state index contributed by atoms with van der Waals surface area (Å²) in [6.45, 7) is 7.20. The molecule has 87 heavy (non-hydrogen) atoms. The summed E-state index contributed by atoms with van der Waals surface area (Å²) in [6, 6.07) is 0. The summed E-state index contributed by atoms with van der Waals surface area (Å²) in [6.07, 6.45) is 47.3. The van der Waals surface area contributed by atoms with E-state index in [0.717, 1.165) is 109 Å². The molecule has 0 aromatic heterocycles. The predicted octanol–water partition coefficient (Wildman–Crippen LogP) is 19.4. The molecule has 0 spiro atoms. The van der Waals surface area contributed by atoms with Crippen LogP contribution < -0.4 is 0 Å². The second-order valence-corrected chi connectivity index (χ2v) is 27.9. The fraction of sp³-hybridized carbons (Fsp3) is 0.941. The first kappa shape index (κ1) is 85.1. The molecule has 19 heteroatoms. The number of ether oxygens (including phenoxy) is 4. The zero-order chi connectivity index (χ0) is 64.2. The Morgan fingerprint density at radius 3 is 0.782 bits per heavy atom. The summed E-state index contributed by atoms with van der Waals surface area (Å²) in [5, 5.41) is 10.5. The van der Waals surface area contributed by atoms with E-state index in [1.54, 1.807) is 0 Å². The normalized spacial score (nSPS) is 14.1. The maximum Gasteiger partial charge on any atom is 0.472 e. The number of aliphatic hydroxyl groups is 1. The van der Waals surface area contributed by atoms with Gasteiger partial charge in [-0.1, -0.05) is 298 Å². The van der Waals surface area contributed by atoms with Gasteiger partial charge < -0.3 is 33.8 Å². The quantitative estimate of drug-likeness (QED) is 0.0222. The molecule has 0 aromatic rings. The number of carbonyl (C=O) groups is 4. The van der Waals surface area contributed by atoms with Gasteiger partial charge in [0.05, 0.1) is 26.4 Å². The highest BCUT2D eigenvalue weighted by atomic mass is 31.2. The van der Waals surface area contributed by atoms with Crippen molar-refractivity contribution in [1.82, 2.24) is 0 Å². The van der Waals surface area contributed by atoms with Gasteiger partial charge in [-0.25, -0.2) is 9.13 Å². The number of carbonyl (C=O) groups excluding carboxylic acids is 4. The molecule has 0 saturated heterocycles. The molecule has 0 amide bonds. The smallest absolute Gasteiger partial charge is 0.462 e. The molecule has 17 nitrogen and oxygen atoms in total. The number of esters is 4. The van der Waals surface area contributed by atoms with Gasteiger partial charge in [0.2, 0.25) is 0 Å². The summed E-state index contributed by atoms with van der Waals surface area (Å²) < 4.78 is 68.0. The third-order valence-corrected chi connectivity index (χ3v) is 17.7. The second-order valence-electron chi connectivity index (χ2n) is 25.0. The average Bonchev–Trinajstić information content (AvgIpc) is 3.71. The van der Waals surface area contributed by atoms with Gasteiger partial charge in [-0.15, -0.1) is 0 Å². The van der Waals surface area contributed by atoms with E-state index in [1.165, 1.54) is 161 Å². The highest BCUT2D eigenvalue weighted by Gasteiger charge is 2.30. The lowest BCUT2D eigenvalue weighted by atomic mass is 10.0. The molecule has 3 N–H and O–H groups in total. The van der Waals surface area contributed by atoms with Crippen molar-refractivity contribution < 1.29 is 80.2 Å². The number of hydrogen-bond donors (Lipinski definition) is 3. The van der Waals surface area contributed by atoms with Gasteiger partial charge in [0.15, 0.2) is 12.2 Å². The Bertz CT molecular complexity index is 1690. The molecule has 0 aliphatic carbocycles. The Balaban J connectivity index is 5.16. The zero-order valence-corrected chi connectivity index (χ0v) is 57.9. The Morgan fingerprint density at radius 1 is 0.310 bits per heavy atom. The van der Waals surface area contributed by atoms with Crippen LogP contribution >= 0.6 is 15.6 Å². The molecule has 0 aliphatic rings. The lowest BCUT2D eigenvalue weighted by molar-refractivity contribution is -0.161. The molecule has 0 fully saturated rings. The predicted molar refractivity (Wildman–Crippen MR) is 349 cm³/mol. The summed E-state index contributed by atoms with van der Waals surface area (Å²) >= 11 is 0. The van der Waals surface area contributed by atoms with Crippen LogP contribution in [-0.2, 0) is 65.4 Å². The van der Waals surface area contributed by atoms with Crippen molar-refractivity contribution in [3.8, 4) is 0 Å². The van der Waals surface area contributed by atoms with Gasteiger partial charge in [0, 0.05) is 25.7 Å². The summed E-state index contributed by atoms with van der Waals surface area (Å²) in [5.74, 6) is -1.32. The van der Waals surface area contributed by atoms with E-state index in [-0.39, 0.29) is 25.7 Å². The van der Waals surface area contributed by atoms with Crippen LogP contribution in [0.25, 0.3) is 0 Å². The van der Waals surface area contributed by atoms with Crippen LogP contribution in [-0.4, -0.2) is 96.7 Å². The molecule has 0 aromatic carbocycles. The van der Waals surface area contributed by atoms with Crippen molar-refractivity contribution in [1.29, 1.82) is 0 Å². The van der Waals surface area contributed by atoms with E-state index in [0.29, 0.717) is 25.7 Å². The van der Waals surface area contributed by atoms with E-state index in [4.69, 9.17) is 37.0 Å². The molecule has 516 valence electrons. The topological polar surface area (TPSA) is 237 Å². The highest BCUT2D eigenvalue weighted by molar-refractivity contribution is 7.47. The van der Waals surface area contributed by atoms with Crippen LogP contribution in [0, 0.1) is 5.92 Å². The first-order valence-corrected chi connectivity index (χ1v) is 38.6. The van der Waals surface area contributed by atoms with Crippen molar-refractivity contribution in [3.05, 3.63) is 0 Å². The van der Waals surface area contributed by atoms with Crippen LogP contribution in [0.2, 0.25) is 0 Å². The Labute approximate surface area is 530 Å². The molecule has 0 heterocycles. The Morgan fingerprint density at radius 2 is 0.529 bits per heavy atom. The molecule has 0 radical (unpaired) electrons. The van der Waals surface area contributed by atoms with Crippen LogP contribution in [0.5, 0.6) is 0 Å². The Kier molecular flexibility index (Phi) is 60.2. The molecule has 0 rings (SSSR count). The minimum Gasteiger partial charge on any atom is -0.462 e. The fourth-order valence-corrected chi connectivity index (χ4v) is 11.9. The number of rotatable bonds is 68. The van der Waals surface area contributed by atoms with Crippen molar-refractivity contribution in [3.63, 3.8) is 0 Å². The first-order chi connectivity index (χ1) is 42.0. The monoisotopic (exact) mass is 1280 g/mol. The summed E-state index contributed by atoms with van der Waals surface area (Å²) in [7, 11) is -9.89. The molecule has 5 atom stereocenters. The third-order valence-electron chi connectivity index (χ3n) is 15.8. The van der Waals surface area contributed by atoms with E-state index in [9.17, 15) is 43.2 Å². The van der Waals surface area contributed by atoms with Gasteiger partial charge in [0.25, 0.3) is 0 Å². The first-order valence-electron chi connectivity index (χ1n) is 35.6. The minimum atomic E-state index is -4.95. The average molecular weight is 1280 g/mol. The SMILES string of the molecule is CCCCCCCCCCCCCCC(=O)OC[C@H](COP(=O)(O)OC[C@@H](O)COP(=O)(O)OC[C@@H](COC(=O)CCCCCCCCC)OC(=O)CCCCCCCCCCC)OC(=O)CCCCCCCCCCCCCCCCCCC(C)C. The van der Waals surface area contributed by atoms with Crippen molar-refractivity contribution in [2.24, 2.45) is 5.92 Å².